The minimum absolute atomic E-state index is 0.0955. The van der Waals surface area contributed by atoms with Gasteiger partial charge in [0.05, 0.1) is 36.8 Å². The van der Waals surface area contributed by atoms with E-state index in [9.17, 15) is 4.79 Å². The number of carbonyl (C=O) groups is 1. The van der Waals surface area contributed by atoms with Crippen LogP contribution >= 0.6 is 0 Å². The van der Waals surface area contributed by atoms with Gasteiger partial charge in [-0.3, -0.25) is 4.79 Å². The molecule has 1 fully saturated rings. The first-order valence-electron chi connectivity index (χ1n) is 11.2. The van der Waals surface area contributed by atoms with E-state index in [2.05, 4.69) is 20.3 Å². The minimum Gasteiger partial charge on any atom is -0.497 e. The van der Waals surface area contributed by atoms with Crippen LogP contribution < -0.4 is 4.74 Å². The fourth-order valence-electron chi connectivity index (χ4n) is 4.35. The maximum atomic E-state index is 13.8. The van der Waals surface area contributed by atoms with Gasteiger partial charge in [0, 0.05) is 12.1 Å². The van der Waals surface area contributed by atoms with Gasteiger partial charge in [0.1, 0.15) is 5.75 Å². The van der Waals surface area contributed by atoms with Crippen LogP contribution in [0.1, 0.15) is 51.8 Å². The largest absolute Gasteiger partial charge is 0.497 e. The fraction of sp³-hybridized carbons (Fsp3) is 0.320. The number of hydrogen-bond acceptors (Lipinski definition) is 7. The zero-order valence-electron chi connectivity index (χ0n) is 19.6. The Morgan fingerprint density at radius 3 is 2.59 bits per heavy atom. The van der Waals surface area contributed by atoms with Crippen LogP contribution in [0.15, 0.2) is 47.2 Å². The van der Waals surface area contributed by atoms with Crippen LogP contribution in [0.4, 0.5) is 0 Å². The summed E-state index contributed by atoms with van der Waals surface area (Å²) in [5.41, 5.74) is 5.13. The number of amides is 1. The second-order valence-corrected chi connectivity index (χ2v) is 8.57. The first-order chi connectivity index (χ1) is 16.5. The molecule has 174 valence electrons. The van der Waals surface area contributed by atoms with Crippen LogP contribution in [0.5, 0.6) is 5.75 Å². The van der Waals surface area contributed by atoms with Crippen molar-refractivity contribution in [3.63, 3.8) is 0 Å². The van der Waals surface area contributed by atoms with E-state index in [1.807, 2.05) is 56.0 Å². The number of likely N-dealkylation sites (tertiary alicyclic amines) is 1. The molecule has 1 saturated heterocycles. The summed E-state index contributed by atoms with van der Waals surface area (Å²) in [6.07, 6.45) is 4.83. The van der Waals surface area contributed by atoms with Gasteiger partial charge in [-0.05, 0) is 74.6 Å². The second-order valence-electron chi connectivity index (χ2n) is 8.57. The van der Waals surface area contributed by atoms with E-state index in [1.54, 1.807) is 19.5 Å². The SMILES string of the molecule is COc1ccc(C)c(-c2nc(C3CCCN3C(=O)c3cc(C)c(C)cc3-n3nccn3)no2)c1. The molecule has 34 heavy (non-hydrogen) atoms. The summed E-state index contributed by atoms with van der Waals surface area (Å²) in [5, 5.41) is 12.7. The van der Waals surface area contributed by atoms with Crippen molar-refractivity contribution in [1.29, 1.82) is 0 Å². The molecule has 0 bridgehead atoms. The van der Waals surface area contributed by atoms with Crippen molar-refractivity contribution in [3.8, 4) is 22.9 Å². The van der Waals surface area contributed by atoms with Crippen molar-refractivity contribution in [3.05, 3.63) is 70.8 Å². The summed E-state index contributed by atoms with van der Waals surface area (Å²) in [6, 6.07) is 9.31. The normalized spacial score (nSPS) is 15.6. The predicted molar refractivity (Wildman–Crippen MR) is 125 cm³/mol. The van der Waals surface area contributed by atoms with Gasteiger partial charge in [-0.25, -0.2) is 0 Å². The van der Waals surface area contributed by atoms with Crippen LogP contribution in [-0.4, -0.2) is 49.6 Å². The Kier molecular flexibility index (Phi) is 5.61. The van der Waals surface area contributed by atoms with Gasteiger partial charge in [0.25, 0.3) is 11.8 Å². The van der Waals surface area contributed by atoms with E-state index in [0.717, 1.165) is 35.1 Å². The lowest BCUT2D eigenvalue weighted by Gasteiger charge is -2.24. The number of rotatable bonds is 5. The Morgan fingerprint density at radius 2 is 1.82 bits per heavy atom. The Morgan fingerprint density at radius 1 is 1.06 bits per heavy atom. The molecular weight excluding hydrogens is 432 g/mol. The molecule has 0 saturated carbocycles. The number of carbonyl (C=O) groups excluding carboxylic acids is 1. The average molecular weight is 459 g/mol. The molecule has 1 unspecified atom stereocenters. The fourth-order valence-corrected chi connectivity index (χ4v) is 4.35. The van der Waals surface area contributed by atoms with Crippen molar-refractivity contribution >= 4 is 5.91 Å². The molecule has 1 aliphatic rings. The number of aryl methyl sites for hydroxylation is 3. The summed E-state index contributed by atoms with van der Waals surface area (Å²) >= 11 is 0. The van der Waals surface area contributed by atoms with Crippen molar-refractivity contribution in [2.75, 3.05) is 13.7 Å². The van der Waals surface area contributed by atoms with E-state index in [4.69, 9.17) is 9.26 Å². The molecule has 1 atom stereocenters. The molecule has 0 N–H and O–H groups in total. The molecule has 1 aliphatic heterocycles. The van der Waals surface area contributed by atoms with Crippen LogP contribution in [0.25, 0.3) is 17.1 Å². The lowest BCUT2D eigenvalue weighted by atomic mass is 10.0. The number of ether oxygens (including phenoxy) is 1. The Hall–Kier alpha value is -4.01. The highest BCUT2D eigenvalue weighted by Gasteiger charge is 2.35. The van der Waals surface area contributed by atoms with Crippen LogP contribution in [0.3, 0.4) is 0 Å². The van der Waals surface area contributed by atoms with Crippen molar-refractivity contribution in [2.45, 2.75) is 39.7 Å². The lowest BCUT2D eigenvalue weighted by molar-refractivity contribution is 0.0728. The van der Waals surface area contributed by atoms with E-state index in [0.29, 0.717) is 35.3 Å². The Bertz CT molecular complexity index is 1340. The summed E-state index contributed by atoms with van der Waals surface area (Å²) in [5.74, 6) is 1.54. The highest BCUT2D eigenvalue weighted by molar-refractivity contribution is 5.98. The molecule has 3 heterocycles. The monoisotopic (exact) mass is 458 g/mol. The van der Waals surface area contributed by atoms with Gasteiger partial charge in [-0.2, -0.15) is 20.0 Å². The molecule has 1 amide bonds. The number of benzene rings is 2. The van der Waals surface area contributed by atoms with Gasteiger partial charge in [-0.1, -0.05) is 11.2 Å². The zero-order valence-corrected chi connectivity index (χ0v) is 19.6. The quantitative estimate of drug-likeness (QED) is 0.441. The van der Waals surface area contributed by atoms with E-state index in [1.165, 1.54) is 4.80 Å². The molecule has 0 aliphatic carbocycles. The molecular formula is C25H26N6O3. The van der Waals surface area contributed by atoms with E-state index in [-0.39, 0.29) is 11.9 Å². The average Bonchev–Trinajstić information content (AvgIpc) is 3.61. The first-order valence-corrected chi connectivity index (χ1v) is 11.2. The number of aromatic nitrogens is 5. The third-order valence-corrected chi connectivity index (χ3v) is 6.41. The van der Waals surface area contributed by atoms with Gasteiger partial charge < -0.3 is 14.2 Å². The predicted octanol–water partition coefficient (Wildman–Crippen LogP) is 4.23. The van der Waals surface area contributed by atoms with Crippen molar-refractivity contribution < 1.29 is 14.1 Å². The third-order valence-electron chi connectivity index (χ3n) is 6.41. The van der Waals surface area contributed by atoms with Crippen molar-refractivity contribution in [2.24, 2.45) is 0 Å². The van der Waals surface area contributed by atoms with E-state index < -0.39 is 0 Å². The molecule has 5 rings (SSSR count). The highest BCUT2D eigenvalue weighted by atomic mass is 16.5. The van der Waals surface area contributed by atoms with E-state index >= 15 is 0 Å². The topological polar surface area (TPSA) is 99.2 Å². The molecule has 9 nitrogen and oxygen atoms in total. The second kappa shape index (κ2) is 8.74. The minimum atomic E-state index is -0.268. The van der Waals surface area contributed by atoms with Gasteiger partial charge in [-0.15, -0.1) is 0 Å². The molecule has 2 aromatic heterocycles. The molecule has 0 radical (unpaired) electrons. The summed E-state index contributed by atoms with van der Waals surface area (Å²) in [4.78, 5) is 21.8. The van der Waals surface area contributed by atoms with Crippen molar-refractivity contribution in [1.82, 2.24) is 30.0 Å². The smallest absolute Gasteiger partial charge is 0.258 e. The number of nitrogens with zero attached hydrogens (tertiary/aromatic N) is 6. The molecule has 4 aromatic rings. The molecule has 0 spiro atoms. The highest BCUT2D eigenvalue weighted by Crippen LogP contribution is 2.35. The standard InChI is InChI=1S/C25H26N6O3/c1-15-7-8-18(33-4)14-19(15)24-28-23(29-34-24)21-6-5-11-30(21)25(32)20-12-16(2)17(3)13-22(20)31-26-9-10-27-31/h7-10,12-14,21H,5-6,11H2,1-4H3. The third kappa shape index (κ3) is 3.83. The maximum Gasteiger partial charge on any atom is 0.258 e. The number of hydrogen-bond donors (Lipinski definition) is 0. The van der Waals surface area contributed by atoms with Gasteiger partial charge in [0.2, 0.25) is 0 Å². The maximum absolute atomic E-state index is 13.8. The summed E-state index contributed by atoms with van der Waals surface area (Å²) in [7, 11) is 1.62. The molecule has 9 heteroatoms. The van der Waals surface area contributed by atoms with Gasteiger partial charge >= 0.3 is 0 Å². The zero-order chi connectivity index (χ0) is 23.8. The van der Waals surface area contributed by atoms with Crippen LogP contribution in [-0.2, 0) is 0 Å². The van der Waals surface area contributed by atoms with Crippen LogP contribution in [0, 0.1) is 20.8 Å². The molecule has 2 aromatic carbocycles. The lowest BCUT2D eigenvalue weighted by Crippen LogP contribution is -2.32. The Labute approximate surface area is 197 Å². The van der Waals surface area contributed by atoms with Crippen LogP contribution in [0.2, 0.25) is 0 Å². The summed E-state index contributed by atoms with van der Waals surface area (Å²) < 4.78 is 11.0. The Balaban J connectivity index is 1.48. The van der Waals surface area contributed by atoms with Gasteiger partial charge in [0.15, 0.2) is 5.82 Å². The first kappa shape index (κ1) is 21.8. The number of methoxy groups -OCH3 is 1. The summed E-state index contributed by atoms with van der Waals surface area (Å²) in [6.45, 7) is 6.60.